The van der Waals surface area contributed by atoms with Crippen molar-refractivity contribution in [3.63, 3.8) is 0 Å². The van der Waals surface area contributed by atoms with E-state index < -0.39 is 0 Å². The molecule has 2 amide bonds. The summed E-state index contributed by atoms with van der Waals surface area (Å²) in [5, 5.41) is 1.01. The second-order valence-corrected chi connectivity index (χ2v) is 8.39. The first-order valence-electron chi connectivity index (χ1n) is 9.44. The van der Waals surface area contributed by atoms with E-state index in [4.69, 9.17) is 4.74 Å². The van der Waals surface area contributed by atoms with Gasteiger partial charge in [-0.05, 0) is 19.8 Å². The van der Waals surface area contributed by atoms with Crippen LogP contribution in [0.1, 0.15) is 52.5 Å². The summed E-state index contributed by atoms with van der Waals surface area (Å²) < 4.78 is 5.03. The molecule has 3 heterocycles. The van der Waals surface area contributed by atoms with Crippen LogP contribution in [0.5, 0.6) is 0 Å². The summed E-state index contributed by atoms with van der Waals surface area (Å²) in [6, 6.07) is 0. The van der Waals surface area contributed by atoms with Gasteiger partial charge >= 0.3 is 0 Å². The molecule has 0 unspecified atom stereocenters. The molecule has 27 heavy (non-hydrogen) atoms. The third-order valence-electron chi connectivity index (χ3n) is 5.42. The van der Waals surface area contributed by atoms with Crippen LogP contribution < -0.4 is 0 Å². The Hall–Kier alpha value is -1.80. The van der Waals surface area contributed by atoms with Crippen LogP contribution in [0.3, 0.4) is 0 Å². The van der Waals surface area contributed by atoms with Gasteiger partial charge in [0.2, 0.25) is 11.8 Å². The summed E-state index contributed by atoms with van der Waals surface area (Å²) in [5.74, 6) is 0.246. The molecule has 1 atom stereocenters. The fourth-order valence-electron chi connectivity index (χ4n) is 3.88. The largest absolute Gasteiger partial charge is 0.383 e. The van der Waals surface area contributed by atoms with E-state index in [9.17, 15) is 14.4 Å². The lowest BCUT2D eigenvalue weighted by Crippen LogP contribution is -2.42. The topological polar surface area (TPSA) is 79.8 Å². The fraction of sp³-hybridized carbons (Fsp3) is 0.684. The van der Waals surface area contributed by atoms with Gasteiger partial charge in [-0.25, -0.2) is 4.98 Å². The number of piperidine rings is 1. The molecule has 2 aliphatic rings. The average molecular weight is 394 g/mol. The quantitative estimate of drug-likeness (QED) is 0.689. The van der Waals surface area contributed by atoms with Crippen molar-refractivity contribution in [2.75, 3.05) is 39.9 Å². The molecule has 0 bridgehead atoms. The predicted octanol–water partition coefficient (Wildman–Crippen LogP) is 1.86. The minimum absolute atomic E-state index is 0.0373. The Morgan fingerprint density at radius 1 is 1.30 bits per heavy atom. The molecule has 0 aliphatic carbocycles. The van der Waals surface area contributed by atoms with E-state index in [1.807, 2.05) is 11.8 Å². The zero-order valence-electron chi connectivity index (χ0n) is 16.2. The van der Waals surface area contributed by atoms with Gasteiger partial charge in [-0.2, -0.15) is 0 Å². The van der Waals surface area contributed by atoms with Crippen LogP contribution in [-0.2, 0) is 14.3 Å². The van der Waals surface area contributed by atoms with Gasteiger partial charge in [-0.15, -0.1) is 11.3 Å². The summed E-state index contributed by atoms with van der Waals surface area (Å²) in [7, 11) is 1.61. The SMILES string of the molecule is COCCN1C[C@H](C(=O)N2CCC(c3nc(C)c(C(C)=O)s3)CC2)CC1=O. The highest BCUT2D eigenvalue weighted by molar-refractivity contribution is 7.13. The van der Waals surface area contributed by atoms with E-state index in [0.717, 1.165) is 28.4 Å². The number of likely N-dealkylation sites (tertiary alicyclic amines) is 2. The van der Waals surface area contributed by atoms with Gasteiger partial charge in [0.25, 0.3) is 0 Å². The van der Waals surface area contributed by atoms with E-state index in [2.05, 4.69) is 4.98 Å². The van der Waals surface area contributed by atoms with Crippen LogP contribution in [0.4, 0.5) is 0 Å². The number of hydrogen-bond donors (Lipinski definition) is 0. The summed E-state index contributed by atoms with van der Waals surface area (Å²) in [4.78, 5) is 45.5. The Morgan fingerprint density at radius 3 is 2.59 bits per heavy atom. The van der Waals surface area contributed by atoms with Gasteiger partial charge in [-0.3, -0.25) is 14.4 Å². The van der Waals surface area contributed by atoms with E-state index in [1.165, 1.54) is 11.3 Å². The van der Waals surface area contributed by atoms with Gasteiger partial charge in [0.05, 0.1) is 28.1 Å². The summed E-state index contributed by atoms with van der Waals surface area (Å²) in [5.41, 5.74) is 0.807. The van der Waals surface area contributed by atoms with Crippen LogP contribution >= 0.6 is 11.3 Å². The summed E-state index contributed by atoms with van der Waals surface area (Å²) in [6.07, 6.45) is 2.00. The van der Waals surface area contributed by atoms with E-state index in [0.29, 0.717) is 45.1 Å². The first-order valence-corrected chi connectivity index (χ1v) is 10.3. The van der Waals surface area contributed by atoms with Gasteiger partial charge in [-0.1, -0.05) is 0 Å². The molecular formula is C19H27N3O4S. The number of rotatable bonds is 6. The van der Waals surface area contributed by atoms with Crippen LogP contribution in [0.25, 0.3) is 0 Å². The number of amides is 2. The Bertz CT molecular complexity index is 725. The molecule has 148 valence electrons. The lowest BCUT2D eigenvalue weighted by molar-refractivity contribution is -0.136. The highest BCUT2D eigenvalue weighted by atomic mass is 32.1. The van der Waals surface area contributed by atoms with E-state index >= 15 is 0 Å². The molecule has 3 rings (SSSR count). The number of methoxy groups -OCH3 is 1. The van der Waals surface area contributed by atoms with Crippen molar-refractivity contribution in [2.24, 2.45) is 5.92 Å². The summed E-state index contributed by atoms with van der Waals surface area (Å²) in [6.45, 7) is 6.35. The lowest BCUT2D eigenvalue weighted by Gasteiger charge is -2.32. The first kappa shape index (κ1) is 19.9. The number of nitrogens with zero attached hydrogens (tertiary/aromatic N) is 3. The fourth-order valence-corrected chi connectivity index (χ4v) is 5.01. The maximum absolute atomic E-state index is 12.8. The molecular weight excluding hydrogens is 366 g/mol. The third-order valence-corrected chi connectivity index (χ3v) is 6.84. The zero-order valence-corrected chi connectivity index (χ0v) is 17.0. The normalized spacial score (nSPS) is 21.1. The highest BCUT2D eigenvalue weighted by Gasteiger charge is 2.37. The van der Waals surface area contributed by atoms with E-state index in [-0.39, 0.29) is 23.5 Å². The van der Waals surface area contributed by atoms with Crippen molar-refractivity contribution < 1.29 is 19.1 Å². The standard InChI is InChI=1S/C19H27N3O4S/c1-12-17(13(2)23)27-18(20-12)14-4-6-21(7-5-14)19(25)15-10-16(24)22(11-15)8-9-26-3/h14-15H,4-11H2,1-3H3/t15-/m1/s1. The number of Topliss-reactive ketones (excluding diaryl/α,β-unsaturated/α-hetero) is 1. The number of ketones is 1. The molecule has 0 spiro atoms. The number of ether oxygens (including phenoxy) is 1. The van der Waals surface area contributed by atoms with Crippen LogP contribution in [0, 0.1) is 12.8 Å². The minimum Gasteiger partial charge on any atom is -0.383 e. The predicted molar refractivity (Wildman–Crippen MR) is 102 cm³/mol. The van der Waals surface area contributed by atoms with Crippen molar-refractivity contribution in [1.29, 1.82) is 0 Å². The number of aromatic nitrogens is 1. The molecule has 2 fully saturated rings. The maximum Gasteiger partial charge on any atom is 0.227 e. The van der Waals surface area contributed by atoms with Crippen molar-refractivity contribution in [3.05, 3.63) is 15.6 Å². The van der Waals surface area contributed by atoms with Crippen molar-refractivity contribution in [3.8, 4) is 0 Å². The Morgan fingerprint density at radius 2 is 2.00 bits per heavy atom. The Labute approximate surface area is 163 Å². The van der Waals surface area contributed by atoms with Crippen LogP contribution in [0.15, 0.2) is 0 Å². The third kappa shape index (κ3) is 4.38. The first-order chi connectivity index (χ1) is 12.9. The summed E-state index contributed by atoms with van der Waals surface area (Å²) >= 11 is 1.49. The smallest absolute Gasteiger partial charge is 0.227 e. The highest BCUT2D eigenvalue weighted by Crippen LogP contribution is 2.33. The average Bonchev–Trinajstić information content (AvgIpc) is 3.22. The molecule has 0 aromatic carbocycles. The van der Waals surface area contributed by atoms with Crippen molar-refractivity contribution in [1.82, 2.24) is 14.8 Å². The van der Waals surface area contributed by atoms with Gasteiger partial charge in [0.1, 0.15) is 0 Å². The van der Waals surface area contributed by atoms with Gasteiger partial charge in [0.15, 0.2) is 5.78 Å². The molecule has 0 radical (unpaired) electrons. The van der Waals surface area contributed by atoms with E-state index in [1.54, 1.807) is 18.9 Å². The number of carbonyl (C=O) groups is 3. The molecule has 8 heteroatoms. The van der Waals surface area contributed by atoms with Crippen LogP contribution in [0.2, 0.25) is 0 Å². The minimum atomic E-state index is -0.239. The van der Waals surface area contributed by atoms with Crippen molar-refractivity contribution >= 4 is 28.9 Å². The second kappa shape index (κ2) is 8.48. The molecule has 2 aliphatic heterocycles. The Balaban J connectivity index is 1.55. The van der Waals surface area contributed by atoms with Gasteiger partial charge < -0.3 is 14.5 Å². The lowest BCUT2D eigenvalue weighted by atomic mass is 9.96. The van der Waals surface area contributed by atoms with Crippen LogP contribution in [-0.4, -0.2) is 72.3 Å². The monoisotopic (exact) mass is 393 g/mol. The molecule has 1 aromatic heterocycles. The molecule has 0 N–H and O–H groups in total. The molecule has 7 nitrogen and oxygen atoms in total. The molecule has 0 saturated carbocycles. The zero-order chi connectivity index (χ0) is 19.6. The number of aryl methyl sites for hydroxylation is 1. The maximum atomic E-state index is 12.8. The Kier molecular flexibility index (Phi) is 6.26. The molecule has 2 saturated heterocycles. The number of hydrogen-bond acceptors (Lipinski definition) is 6. The second-order valence-electron chi connectivity index (χ2n) is 7.36. The number of carbonyl (C=O) groups excluding carboxylic acids is 3. The van der Waals surface area contributed by atoms with Crippen molar-refractivity contribution in [2.45, 2.75) is 39.0 Å². The number of thiazole rings is 1. The molecule has 1 aromatic rings. The van der Waals surface area contributed by atoms with Gasteiger partial charge in [0, 0.05) is 52.6 Å².